The number of nitrogens with one attached hydrogen (secondary N) is 2. The standard InChI is InChI=1S/C10H13ClN2O4S/c1-18(16,17)13-5-4-12-10(15)8-6-7(14)2-3-9(8)11/h2-3,6,13-14H,4-5H2,1H3,(H,12,15). The van der Waals surface area contributed by atoms with E-state index in [9.17, 15) is 18.3 Å². The highest BCUT2D eigenvalue weighted by Crippen LogP contribution is 2.20. The Kier molecular flexibility index (Phi) is 4.94. The zero-order valence-corrected chi connectivity index (χ0v) is 11.2. The van der Waals surface area contributed by atoms with Crippen LogP contribution in [0.15, 0.2) is 18.2 Å². The van der Waals surface area contributed by atoms with E-state index in [1.54, 1.807) is 0 Å². The molecule has 100 valence electrons. The number of hydrogen-bond acceptors (Lipinski definition) is 4. The first-order valence-corrected chi connectivity index (χ1v) is 7.28. The fourth-order valence-electron chi connectivity index (χ4n) is 1.19. The maximum Gasteiger partial charge on any atom is 0.252 e. The van der Waals surface area contributed by atoms with E-state index < -0.39 is 15.9 Å². The molecule has 1 rings (SSSR count). The van der Waals surface area contributed by atoms with Gasteiger partial charge in [0.2, 0.25) is 10.0 Å². The van der Waals surface area contributed by atoms with Crippen molar-refractivity contribution in [3.05, 3.63) is 28.8 Å². The third-order valence-corrected chi connectivity index (χ3v) is 3.03. The van der Waals surface area contributed by atoms with Crippen molar-refractivity contribution in [1.82, 2.24) is 10.0 Å². The highest BCUT2D eigenvalue weighted by Gasteiger charge is 2.10. The van der Waals surface area contributed by atoms with Crippen molar-refractivity contribution < 1.29 is 18.3 Å². The van der Waals surface area contributed by atoms with Crippen LogP contribution in [0.4, 0.5) is 0 Å². The van der Waals surface area contributed by atoms with Crippen LogP contribution in [0.5, 0.6) is 5.75 Å². The van der Waals surface area contributed by atoms with Gasteiger partial charge in [0.1, 0.15) is 5.75 Å². The SMILES string of the molecule is CS(=O)(=O)NCCNC(=O)c1cc(O)ccc1Cl. The molecule has 1 aromatic carbocycles. The van der Waals surface area contributed by atoms with E-state index in [2.05, 4.69) is 10.0 Å². The van der Waals surface area contributed by atoms with Crippen LogP contribution in [-0.2, 0) is 10.0 Å². The van der Waals surface area contributed by atoms with Gasteiger partial charge in [0.25, 0.3) is 5.91 Å². The van der Waals surface area contributed by atoms with Gasteiger partial charge in [-0.3, -0.25) is 4.79 Å². The van der Waals surface area contributed by atoms with E-state index in [0.717, 1.165) is 6.26 Å². The summed E-state index contributed by atoms with van der Waals surface area (Å²) in [6, 6.07) is 4.01. The molecule has 0 fully saturated rings. The fourth-order valence-corrected chi connectivity index (χ4v) is 1.87. The molecule has 18 heavy (non-hydrogen) atoms. The van der Waals surface area contributed by atoms with E-state index in [1.165, 1.54) is 18.2 Å². The lowest BCUT2D eigenvalue weighted by atomic mass is 10.2. The number of phenols is 1. The predicted octanol–water partition coefficient (Wildman–Crippen LogP) is 0.325. The second kappa shape index (κ2) is 6.03. The summed E-state index contributed by atoms with van der Waals surface area (Å²) in [5.74, 6) is -0.551. The van der Waals surface area contributed by atoms with Crippen molar-refractivity contribution in [2.24, 2.45) is 0 Å². The van der Waals surface area contributed by atoms with Crippen LogP contribution in [0.25, 0.3) is 0 Å². The Morgan fingerprint density at radius 2 is 2.06 bits per heavy atom. The minimum absolute atomic E-state index is 0.0705. The number of sulfonamides is 1. The van der Waals surface area contributed by atoms with E-state index in [-0.39, 0.29) is 29.4 Å². The number of phenolic OH excluding ortho intramolecular Hbond substituents is 1. The molecule has 6 nitrogen and oxygen atoms in total. The first-order chi connectivity index (χ1) is 8.29. The highest BCUT2D eigenvalue weighted by molar-refractivity contribution is 7.88. The van der Waals surface area contributed by atoms with Gasteiger partial charge in [0.05, 0.1) is 16.8 Å². The molecule has 3 N–H and O–H groups in total. The van der Waals surface area contributed by atoms with Crippen LogP contribution >= 0.6 is 11.6 Å². The molecule has 0 spiro atoms. The topological polar surface area (TPSA) is 95.5 Å². The molecule has 1 amide bonds. The second-order valence-electron chi connectivity index (χ2n) is 3.59. The molecule has 0 saturated heterocycles. The molecule has 0 radical (unpaired) electrons. The number of benzene rings is 1. The molecule has 0 aliphatic rings. The summed E-state index contributed by atoms with van der Waals surface area (Å²) < 4.78 is 23.8. The van der Waals surface area contributed by atoms with Crippen LogP contribution in [-0.4, -0.2) is 38.8 Å². The summed E-state index contributed by atoms with van der Waals surface area (Å²) in [4.78, 5) is 11.7. The van der Waals surface area contributed by atoms with Crippen molar-refractivity contribution in [3.8, 4) is 5.75 Å². The molecule has 0 aliphatic heterocycles. The molecule has 8 heteroatoms. The van der Waals surface area contributed by atoms with Gasteiger partial charge in [0, 0.05) is 13.1 Å². The zero-order chi connectivity index (χ0) is 13.8. The van der Waals surface area contributed by atoms with E-state index in [0.29, 0.717) is 0 Å². The first kappa shape index (κ1) is 14.7. The van der Waals surface area contributed by atoms with Crippen LogP contribution in [0.2, 0.25) is 5.02 Å². The lowest BCUT2D eigenvalue weighted by Crippen LogP contribution is -2.34. The molecule has 0 aliphatic carbocycles. The molecule has 0 saturated carbocycles. The second-order valence-corrected chi connectivity index (χ2v) is 5.83. The number of aromatic hydroxyl groups is 1. The predicted molar refractivity (Wildman–Crippen MR) is 68.3 cm³/mol. The number of carbonyl (C=O) groups is 1. The number of rotatable bonds is 5. The smallest absolute Gasteiger partial charge is 0.252 e. The zero-order valence-electron chi connectivity index (χ0n) is 9.60. The molecule has 0 bridgehead atoms. The maximum atomic E-state index is 11.7. The van der Waals surface area contributed by atoms with Crippen LogP contribution in [0, 0.1) is 0 Å². The number of hydrogen-bond donors (Lipinski definition) is 3. The normalized spacial score (nSPS) is 11.2. The lowest BCUT2D eigenvalue weighted by Gasteiger charge is -2.07. The molecular formula is C10H13ClN2O4S. The van der Waals surface area contributed by atoms with Crippen molar-refractivity contribution in [3.63, 3.8) is 0 Å². The van der Waals surface area contributed by atoms with Gasteiger partial charge in [-0.05, 0) is 18.2 Å². The molecular weight excluding hydrogens is 280 g/mol. The fraction of sp³-hybridized carbons (Fsp3) is 0.300. The molecule has 0 unspecified atom stereocenters. The number of carbonyl (C=O) groups excluding carboxylic acids is 1. The summed E-state index contributed by atoms with van der Waals surface area (Å²) in [6.07, 6.45) is 1.03. The Labute approximate surface area is 110 Å². The minimum atomic E-state index is -3.27. The van der Waals surface area contributed by atoms with Crippen LogP contribution in [0.1, 0.15) is 10.4 Å². The van der Waals surface area contributed by atoms with Crippen molar-refractivity contribution in [2.75, 3.05) is 19.3 Å². The quantitative estimate of drug-likeness (QED) is 0.681. The molecule has 0 aromatic heterocycles. The average molecular weight is 293 g/mol. The van der Waals surface area contributed by atoms with Crippen LogP contribution in [0.3, 0.4) is 0 Å². The Hall–Kier alpha value is -1.31. The van der Waals surface area contributed by atoms with Crippen molar-refractivity contribution in [1.29, 1.82) is 0 Å². The third-order valence-electron chi connectivity index (χ3n) is 1.97. The van der Waals surface area contributed by atoms with Gasteiger partial charge in [-0.2, -0.15) is 0 Å². The Morgan fingerprint density at radius 3 is 2.67 bits per heavy atom. The van der Waals surface area contributed by atoms with E-state index >= 15 is 0 Å². The lowest BCUT2D eigenvalue weighted by molar-refractivity contribution is 0.0954. The number of amides is 1. The Balaban J connectivity index is 2.53. The van der Waals surface area contributed by atoms with Crippen LogP contribution < -0.4 is 10.0 Å². The van der Waals surface area contributed by atoms with Crippen molar-refractivity contribution >= 4 is 27.5 Å². The molecule has 1 aromatic rings. The molecule has 0 heterocycles. The number of halogens is 1. The van der Waals surface area contributed by atoms with Gasteiger partial charge < -0.3 is 10.4 Å². The third kappa shape index (κ3) is 4.91. The summed E-state index contributed by atoms with van der Waals surface area (Å²) in [7, 11) is -3.27. The Bertz CT molecular complexity index is 545. The van der Waals surface area contributed by atoms with Gasteiger partial charge in [-0.1, -0.05) is 11.6 Å². The van der Waals surface area contributed by atoms with E-state index in [4.69, 9.17) is 11.6 Å². The minimum Gasteiger partial charge on any atom is -0.508 e. The van der Waals surface area contributed by atoms with Gasteiger partial charge in [-0.15, -0.1) is 0 Å². The summed E-state index contributed by atoms with van der Waals surface area (Å²) in [5, 5.41) is 11.9. The Morgan fingerprint density at radius 1 is 1.39 bits per heavy atom. The van der Waals surface area contributed by atoms with Gasteiger partial charge in [0.15, 0.2) is 0 Å². The average Bonchev–Trinajstić information content (AvgIpc) is 2.26. The summed E-state index contributed by atoms with van der Waals surface area (Å²) in [5.41, 5.74) is 0.135. The first-order valence-electron chi connectivity index (χ1n) is 5.01. The van der Waals surface area contributed by atoms with Gasteiger partial charge >= 0.3 is 0 Å². The van der Waals surface area contributed by atoms with E-state index in [1.807, 2.05) is 0 Å². The van der Waals surface area contributed by atoms with Gasteiger partial charge in [-0.25, -0.2) is 13.1 Å². The summed E-state index contributed by atoms with van der Waals surface area (Å²) in [6.45, 7) is 0.207. The monoisotopic (exact) mass is 292 g/mol. The molecule has 0 atom stereocenters. The largest absolute Gasteiger partial charge is 0.508 e. The summed E-state index contributed by atoms with van der Waals surface area (Å²) >= 11 is 5.79. The highest BCUT2D eigenvalue weighted by atomic mass is 35.5. The maximum absolute atomic E-state index is 11.7. The van der Waals surface area contributed by atoms with Crippen molar-refractivity contribution in [2.45, 2.75) is 0 Å².